The van der Waals surface area contributed by atoms with Gasteiger partial charge >= 0.3 is 0 Å². The van der Waals surface area contributed by atoms with E-state index in [1.54, 1.807) is 0 Å². The fourth-order valence-corrected chi connectivity index (χ4v) is 3.11. The summed E-state index contributed by atoms with van der Waals surface area (Å²) in [6.45, 7) is 7.59. The quantitative estimate of drug-likeness (QED) is 0.889. The lowest BCUT2D eigenvalue weighted by atomic mass is 10.1. The van der Waals surface area contributed by atoms with Crippen LogP contribution >= 0.6 is 15.9 Å². The Bertz CT molecular complexity index is 445. The molecule has 1 atom stereocenters. The molecule has 112 valence electrons. The van der Waals surface area contributed by atoms with Crippen molar-refractivity contribution < 1.29 is 0 Å². The summed E-state index contributed by atoms with van der Waals surface area (Å²) in [5, 5.41) is 3.53. The van der Waals surface area contributed by atoms with Gasteiger partial charge in [-0.2, -0.15) is 0 Å². The first kappa shape index (κ1) is 15.8. The molecule has 0 amide bonds. The SMILES string of the molecule is CC(C)NCc1cc(Br)ccc1N1CCC(N(C)C)C1. The Morgan fingerprint density at radius 2 is 2.15 bits per heavy atom. The van der Waals surface area contributed by atoms with Crippen molar-refractivity contribution in [1.29, 1.82) is 0 Å². The molecule has 1 aromatic carbocycles. The number of halogens is 1. The van der Waals surface area contributed by atoms with Gasteiger partial charge in [0.15, 0.2) is 0 Å². The maximum atomic E-state index is 3.59. The standard InChI is InChI=1S/C16H26BrN3/c1-12(2)18-10-13-9-14(17)5-6-16(13)20-8-7-15(11-20)19(3)4/h5-6,9,12,15,18H,7-8,10-11H2,1-4H3. The molecule has 1 aliphatic rings. The third-order valence-corrected chi connectivity index (χ3v) is 4.47. The highest BCUT2D eigenvalue weighted by Crippen LogP contribution is 2.28. The molecule has 1 fully saturated rings. The van der Waals surface area contributed by atoms with Gasteiger partial charge in [0, 0.05) is 41.9 Å². The Hall–Kier alpha value is -0.580. The van der Waals surface area contributed by atoms with Gasteiger partial charge in [-0.25, -0.2) is 0 Å². The van der Waals surface area contributed by atoms with Crippen LogP contribution in [0.1, 0.15) is 25.8 Å². The van der Waals surface area contributed by atoms with E-state index in [9.17, 15) is 0 Å². The molecule has 0 aliphatic carbocycles. The van der Waals surface area contributed by atoms with Crippen LogP contribution in [0.2, 0.25) is 0 Å². The van der Waals surface area contributed by atoms with Crippen LogP contribution in [-0.4, -0.2) is 44.2 Å². The van der Waals surface area contributed by atoms with E-state index in [-0.39, 0.29) is 0 Å². The van der Waals surface area contributed by atoms with Gasteiger partial charge in [-0.1, -0.05) is 29.8 Å². The van der Waals surface area contributed by atoms with Crippen molar-refractivity contribution in [3.63, 3.8) is 0 Å². The number of anilines is 1. The Morgan fingerprint density at radius 1 is 1.40 bits per heavy atom. The van der Waals surface area contributed by atoms with Crippen molar-refractivity contribution in [2.24, 2.45) is 0 Å². The summed E-state index contributed by atoms with van der Waals surface area (Å²) in [4.78, 5) is 4.86. The van der Waals surface area contributed by atoms with Crippen LogP contribution in [0, 0.1) is 0 Å². The second-order valence-corrected chi connectivity index (χ2v) is 7.08. The number of benzene rings is 1. The maximum Gasteiger partial charge on any atom is 0.0413 e. The van der Waals surface area contributed by atoms with E-state index in [1.807, 2.05) is 0 Å². The smallest absolute Gasteiger partial charge is 0.0413 e. The van der Waals surface area contributed by atoms with Crippen LogP contribution in [0.3, 0.4) is 0 Å². The summed E-state index contributed by atoms with van der Waals surface area (Å²) < 4.78 is 1.16. The number of nitrogens with one attached hydrogen (secondary N) is 1. The molecule has 0 bridgehead atoms. The predicted molar refractivity (Wildman–Crippen MR) is 90.4 cm³/mol. The van der Waals surface area contributed by atoms with Crippen LogP contribution < -0.4 is 10.2 Å². The van der Waals surface area contributed by atoms with E-state index in [2.05, 4.69) is 77.2 Å². The molecule has 4 heteroatoms. The van der Waals surface area contributed by atoms with Crippen molar-refractivity contribution in [2.45, 2.75) is 38.9 Å². The number of hydrogen-bond donors (Lipinski definition) is 1. The van der Waals surface area contributed by atoms with Crippen molar-refractivity contribution in [2.75, 3.05) is 32.1 Å². The van der Waals surface area contributed by atoms with Gasteiger partial charge < -0.3 is 15.1 Å². The highest BCUT2D eigenvalue weighted by atomic mass is 79.9. The minimum absolute atomic E-state index is 0.509. The summed E-state index contributed by atoms with van der Waals surface area (Å²) in [6, 6.07) is 7.82. The molecule has 1 N–H and O–H groups in total. The summed E-state index contributed by atoms with van der Waals surface area (Å²) in [7, 11) is 4.36. The first-order valence-corrected chi connectivity index (χ1v) is 8.20. The van der Waals surface area contributed by atoms with Crippen molar-refractivity contribution in [3.05, 3.63) is 28.2 Å². The molecule has 3 nitrogen and oxygen atoms in total. The summed E-state index contributed by atoms with van der Waals surface area (Å²) in [5.74, 6) is 0. The van der Waals surface area contributed by atoms with Crippen LogP contribution in [0.25, 0.3) is 0 Å². The molecule has 0 spiro atoms. The zero-order valence-electron chi connectivity index (χ0n) is 13.0. The fraction of sp³-hybridized carbons (Fsp3) is 0.625. The van der Waals surface area contributed by atoms with Gasteiger partial charge in [0.1, 0.15) is 0 Å². The molecule has 20 heavy (non-hydrogen) atoms. The highest BCUT2D eigenvalue weighted by molar-refractivity contribution is 9.10. The topological polar surface area (TPSA) is 18.5 Å². The molecule has 0 aromatic heterocycles. The van der Waals surface area contributed by atoms with Gasteiger partial charge in [-0.15, -0.1) is 0 Å². The van der Waals surface area contributed by atoms with E-state index in [1.165, 1.54) is 17.7 Å². The van der Waals surface area contributed by atoms with Crippen molar-refractivity contribution >= 4 is 21.6 Å². The van der Waals surface area contributed by atoms with Gasteiger partial charge in [-0.05, 0) is 44.3 Å². The Balaban J connectivity index is 2.14. The molecule has 1 heterocycles. The zero-order chi connectivity index (χ0) is 14.7. The first-order valence-electron chi connectivity index (χ1n) is 7.40. The lowest BCUT2D eigenvalue weighted by Crippen LogP contribution is -2.32. The van der Waals surface area contributed by atoms with E-state index in [0.717, 1.165) is 24.1 Å². The molecule has 0 saturated carbocycles. The lowest BCUT2D eigenvalue weighted by Gasteiger charge is -2.24. The summed E-state index contributed by atoms with van der Waals surface area (Å²) in [6.07, 6.45) is 1.25. The van der Waals surface area contributed by atoms with E-state index in [0.29, 0.717) is 12.1 Å². The molecule has 1 aliphatic heterocycles. The van der Waals surface area contributed by atoms with Crippen LogP contribution in [0.4, 0.5) is 5.69 Å². The van der Waals surface area contributed by atoms with E-state index >= 15 is 0 Å². The number of hydrogen-bond acceptors (Lipinski definition) is 3. The lowest BCUT2D eigenvalue weighted by molar-refractivity contribution is 0.315. The molecular formula is C16H26BrN3. The third-order valence-electron chi connectivity index (χ3n) is 3.98. The molecule has 1 aromatic rings. The van der Waals surface area contributed by atoms with Gasteiger partial charge in [0.25, 0.3) is 0 Å². The fourth-order valence-electron chi connectivity index (χ4n) is 2.70. The summed E-state index contributed by atoms with van der Waals surface area (Å²) >= 11 is 3.59. The number of likely N-dealkylation sites (N-methyl/N-ethyl adjacent to an activating group) is 1. The second kappa shape index (κ2) is 6.92. The Labute approximate surface area is 131 Å². The first-order chi connectivity index (χ1) is 9.47. The van der Waals surface area contributed by atoms with E-state index in [4.69, 9.17) is 0 Å². The predicted octanol–water partition coefficient (Wildman–Crippen LogP) is 3.09. The monoisotopic (exact) mass is 339 g/mol. The Morgan fingerprint density at radius 3 is 2.75 bits per heavy atom. The minimum Gasteiger partial charge on any atom is -0.370 e. The maximum absolute atomic E-state index is 3.59. The normalized spacial score (nSPS) is 19.4. The van der Waals surface area contributed by atoms with Crippen LogP contribution in [-0.2, 0) is 6.54 Å². The highest BCUT2D eigenvalue weighted by Gasteiger charge is 2.25. The molecule has 0 radical (unpaired) electrons. The molecule has 1 unspecified atom stereocenters. The van der Waals surface area contributed by atoms with Gasteiger partial charge in [0.05, 0.1) is 0 Å². The van der Waals surface area contributed by atoms with Gasteiger partial charge in [0.2, 0.25) is 0 Å². The second-order valence-electron chi connectivity index (χ2n) is 6.16. The number of rotatable bonds is 5. The van der Waals surface area contributed by atoms with Crippen molar-refractivity contribution in [1.82, 2.24) is 10.2 Å². The van der Waals surface area contributed by atoms with Crippen LogP contribution in [0.5, 0.6) is 0 Å². The van der Waals surface area contributed by atoms with Crippen molar-refractivity contribution in [3.8, 4) is 0 Å². The Kier molecular flexibility index (Phi) is 5.47. The zero-order valence-corrected chi connectivity index (χ0v) is 14.6. The van der Waals surface area contributed by atoms with Gasteiger partial charge in [-0.3, -0.25) is 0 Å². The molecule has 1 saturated heterocycles. The van der Waals surface area contributed by atoms with E-state index < -0.39 is 0 Å². The minimum atomic E-state index is 0.509. The molecule has 2 rings (SSSR count). The van der Waals surface area contributed by atoms with Crippen LogP contribution in [0.15, 0.2) is 22.7 Å². The molecular weight excluding hydrogens is 314 g/mol. The largest absolute Gasteiger partial charge is 0.370 e. The average molecular weight is 340 g/mol. The third kappa shape index (κ3) is 3.96. The average Bonchev–Trinajstić information content (AvgIpc) is 2.86. The summed E-state index contributed by atoms with van der Waals surface area (Å²) in [5.41, 5.74) is 2.76. The number of nitrogens with zero attached hydrogens (tertiary/aromatic N) is 2.